The molecule has 59 valence electrons. The van der Waals surface area contributed by atoms with Crippen LogP contribution in [0.2, 0.25) is 0 Å². The molecule has 0 nitrogen and oxygen atoms in total. The molecular formula is C11H15. The van der Waals surface area contributed by atoms with Gasteiger partial charge in [0.15, 0.2) is 0 Å². The lowest BCUT2D eigenvalue weighted by molar-refractivity contribution is 0.760. The molecule has 1 radical (unpaired) electrons. The van der Waals surface area contributed by atoms with Crippen LogP contribution in [0, 0.1) is 6.08 Å². The van der Waals surface area contributed by atoms with E-state index in [-0.39, 0.29) is 0 Å². The summed E-state index contributed by atoms with van der Waals surface area (Å²) in [4.78, 5) is 0. The van der Waals surface area contributed by atoms with Gasteiger partial charge in [-0.2, -0.15) is 0 Å². The van der Waals surface area contributed by atoms with Gasteiger partial charge in [-0.1, -0.05) is 30.4 Å². The first kappa shape index (κ1) is 8.32. The van der Waals surface area contributed by atoms with Crippen molar-refractivity contribution in [1.29, 1.82) is 0 Å². The van der Waals surface area contributed by atoms with E-state index in [1.54, 1.807) is 0 Å². The zero-order valence-electron chi connectivity index (χ0n) is 6.92. The predicted molar refractivity (Wildman–Crippen MR) is 49.2 cm³/mol. The van der Waals surface area contributed by atoms with Crippen LogP contribution >= 0.6 is 0 Å². The molecule has 0 aromatic carbocycles. The van der Waals surface area contributed by atoms with Crippen molar-refractivity contribution in [2.24, 2.45) is 0 Å². The fourth-order valence-electron chi connectivity index (χ4n) is 1.08. The summed E-state index contributed by atoms with van der Waals surface area (Å²) in [7, 11) is 0. The van der Waals surface area contributed by atoms with Crippen molar-refractivity contribution in [2.45, 2.75) is 32.1 Å². The molecule has 0 heterocycles. The minimum absolute atomic E-state index is 0.963. The third kappa shape index (κ3) is 4.60. The minimum Gasteiger partial charge on any atom is -0.0845 e. The van der Waals surface area contributed by atoms with Gasteiger partial charge >= 0.3 is 0 Å². The van der Waals surface area contributed by atoms with Crippen LogP contribution < -0.4 is 0 Å². The van der Waals surface area contributed by atoms with Gasteiger partial charge in [0.2, 0.25) is 0 Å². The van der Waals surface area contributed by atoms with Gasteiger partial charge in [-0.05, 0) is 38.2 Å². The van der Waals surface area contributed by atoms with Gasteiger partial charge in [0, 0.05) is 0 Å². The summed E-state index contributed by atoms with van der Waals surface area (Å²) < 4.78 is 0. The fraction of sp³-hybridized carbons (Fsp3) is 0.455. The van der Waals surface area contributed by atoms with Crippen LogP contribution in [-0.2, 0) is 0 Å². The molecule has 1 rings (SSSR count). The van der Waals surface area contributed by atoms with Gasteiger partial charge in [-0.25, -0.2) is 0 Å². The second kappa shape index (κ2) is 5.96. The highest BCUT2D eigenvalue weighted by Gasteiger charge is 1.83. The number of allylic oxidation sites excluding steroid dienone is 6. The van der Waals surface area contributed by atoms with Gasteiger partial charge in [0.1, 0.15) is 0 Å². The monoisotopic (exact) mass is 147 g/mol. The highest BCUT2D eigenvalue weighted by atomic mass is 13.9. The third-order valence-electron chi connectivity index (χ3n) is 1.73. The topological polar surface area (TPSA) is 0 Å². The summed E-state index contributed by atoms with van der Waals surface area (Å²) in [6, 6.07) is 0. The van der Waals surface area contributed by atoms with Crippen LogP contribution in [0.15, 0.2) is 30.4 Å². The van der Waals surface area contributed by atoms with Crippen molar-refractivity contribution in [1.82, 2.24) is 0 Å². The molecule has 0 heteroatoms. The zero-order chi connectivity index (χ0) is 7.78. The maximum absolute atomic E-state index is 3.24. The summed E-state index contributed by atoms with van der Waals surface area (Å²) in [5.41, 5.74) is 0. The summed E-state index contributed by atoms with van der Waals surface area (Å²) in [5.74, 6) is 0. The average Bonchev–Trinajstić information content (AvgIpc) is 2.08. The SMILES string of the molecule is [C]1=CCCCCC=CC=CC1. The van der Waals surface area contributed by atoms with E-state index in [9.17, 15) is 0 Å². The molecule has 0 fully saturated rings. The van der Waals surface area contributed by atoms with Crippen molar-refractivity contribution in [3.63, 3.8) is 0 Å². The van der Waals surface area contributed by atoms with E-state index in [1.165, 1.54) is 25.7 Å². The van der Waals surface area contributed by atoms with Gasteiger partial charge in [-0.3, -0.25) is 0 Å². The Balaban J connectivity index is 2.35. The lowest BCUT2D eigenvalue weighted by atomic mass is 10.2. The molecule has 11 heavy (non-hydrogen) atoms. The molecule has 0 saturated heterocycles. The van der Waals surface area contributed by atoms with Crippen molar-refractivity contribution in [2.75, 3.05) is 0 Å². The lowest BCUT2D eigenvalue weighted by Gasteiger charge is -1.90. The molecule has 1 aliphatic rings. The Morgan fingerprint density at radius 1 is 0.909 bits per heavy atom. The Morgan fingerprint density at radius 3 is 2.73 bits per heavy atom. The van der Waals surface area contributed by atoms with E-state index in [2.05, 4.69) is 36.5 Å². The minimum atomic E-state index is 0.963. The summed E-state index contributed by atoms with van der Waals surface area (Å²) >= 11 is 0. The van der Waals surface area contributed by atoms with Crippen LogP contribution in [-0.4, -0.2) is 0 Å². The molecule has 0 aliphatic heterocycles. The first-order valence-electron chi connectivity index (χ1n) is 4.37. The Labute approximate surface area is 69.3 Å². The van der Waals surface area contributed by atoms with E-state index in [1.807, 2.05) is 0 Å². The van der Waals surface area contributed by atoms with Gasteiger partial charge in [-0.15, -0.1) is 0 Å². The second-order valence-corrected chi connectivity index (χ2v) is 2.75. The molecule has 0 aromatic heterocycles. The maximum atomic E-state index is 3.24. The number of hydrogen-bond donors (Lipinski definition) is 0. The molecule has 0 spiro atoms. The molecule has 0 bridgehead atoms. The lowest BCUT2D eigenvalue weighted by Crippen LogP contribution is -1.71. The molecule has 0 N–H and O–H groups in total. The van der Waals surface area contributed by atoms with Crippen molar-refractivity contribution >= 4 is 0 Å². The quantitative estimate of drug-likeness (QED) is 0.492. The number of rotatable bonds is 0. The Bertz CT molecular complexity index is 161. The van der Waals surface area contributed by atoms with E-state index in [0.29, 0.717) is 0 Å². The molecule has 0 atom stereocenters. The molecular weight excluding hydrogens is 132 g/mol. The highest BCUT2D eigenvalue weighted by Crippen LogP contribution is 2.03. The van der Waals surface area contributed by atoms with Crippen molar-refractivity contribution in [3.8, 4) is 0 Å². The first-order valence-corrected chi connectivity index (χ1v) is 4.37. The molecule has 0 aromatic rings. The van der Waals surface area contributed by atoms with E-state index < -0.39 is 0 Å². The Morgan fingerprint density at radius 2 is 1.73 bits per heavy atom. The van der Waals surface area contributed by atoms with Crippen LogP contribution in [0.25, 0.3) is 0 Å². The van der Waals surface area contributed by atoms with Crippen LogP contribution in [0.3, 0.4) is 0 Å². The maximum Gasteiger partial charge on any atom is -0.00948 e. The zero-order valence-corrected chi connectivity index (χ0v) is 6.92. The van der Waals surface area contributed by atoms with Crippen molar-refractivity contribution < 1.29 is 0 Å². The van der Waals surface area contributed by atoms with Gasteiger partial charge in [0.25, 0.3) is 0 Å². The number of hydrogen-bond acceptors (Lipinski definition) is 0. The first-order chi connectivity index (χ1) is 5.50. The predicted octanol–water partition coefficient (Wildman–Crippen LogP) is 3.42. The molecule has 0 unspecified atom stereocenters. The van der Waals surface area contributed by atoms with E-state index in [4.69, 9.17) is 0 Å². The third-order valence-corrected chi connectivity index (χ3v) is 1.73. The summed E-state index contributed by atoms with van der Waals surface area (Å²) in [5, 5.41) is 0. The molecule has 0 amide bonds. The smallest absolute Gasteiger partial charge is 0.00948 e. The molecule has 1 aliphatic carbocycles. The van der Waals surface area contributed by atoms with Crippen LogP contribution in [0.1, 0.15) is 32.1 Å². The normalized spacial score (nSPS) is 19.6. The standard InChI is InChI=1S/C11H15/c1-2-4-6-8-10-11-9-7-5-3-1/h1-4,10H,5-7,9,11H2. The second-order valence-electron chi connectivity index (χ2n) is 2.75. The summed E-state index contributed by atoms with van der Waals surface area (Å²) in [6.45, 7) is 0. The van der Waals surface area contributed by atoms with Crippen LogP contribution in [0.5, 0.6) is 0 Å². The van der Waals surface area contributed by atoms with Gasteiger partial charge in [0.05, 0.1) is 0 Å². The highest BCUT2D eigenvalue weighted by molar-refractivity contribution is 5.03. The summed E-state index contributed by atoms with van der Waals surface area (Å²) in [6.07, 6.45) is 20.0. The van der Waals surface area contributed by atoms with Gasteiger partial charge < -0.3 is 0 Å². The fourth-order valence-corrected chi connectivity index (χ4v) is 1.08. The average molecular weight is 147 g/mol. The van der Waals surface area contributed by atoms with Crippen LogP contribution in [0.4, 0.5) is 0 Å². The van der Waals surface area contributed by atoms with E-state index in [0.717, 1.165) is 6.42 Å². The Kier molecular flexibility index (Phi) is 4.51. The van der Waals surface area contributed by atoms with E-state index >= 15 is 0 Å². The Hall–Kier alpha value is -0.780. The van der Waals surface area contributed by atoms with Crippen molar-refractivity contribution in [3.05, 3.63) is 36.5 Å². The largest absolute Gasteiger partial charge is 0.0845 e. The molecule has 0 saturated carbocycles.